The van der Waals surface area contributed by atoms with Crippen LogP contribution in [0.4, 0.5) is 11.6 Å². The predicted octanol–water partition coefficient (Wildman–Crippen LogP) is 3.05. The Morgan fingerprint density at radius 3 is 2.60 bits per heavy atom. The van der Waals surface area contributed by atoms with Gasteiger partial charge in [-0.1, -0.05) is 12.8 Å². The van der Waals surface area contributed by atoms with Crippen molar-refractivity contribution in [2.24, 2.45) is 5.92 Å². The Labute approximate surface area is 121 Å². The van der Waals surface area contributed by atoms with E-state index >= 15 is 0 Å². The van der Waals surface area contributed by atoms with Crippen molar-refractivity contribution in [3.8, 4) is 0 Å². The van der Waals surface area contributed by atoms with E-state index in [2.05, 4.69) is 27.5 Å². The first-order valence-electron chi connectivity index (χ1n) is 7.75. The van der Waals surface area contributed by atoms with Crippen LogP contribution in [0, 0.1) is 5.92 Å². The van der Waals surface area contributed by atoms with Gasteiger partial charge in [-0.2, -0.15) is 0 Å². The number of ether oxygens (including phenoxy) is 1. The van der Waals surface area contributed by atoms with Crippen LogP contribution in [0.5, 0.6) is 0 Å². The molecule has 0 unspecified atom stereocenters. The zero-order valence-electron chi connectivity index (χ0n) is 12.6. The quantitative estimate of drug-likeness (QED) is 0.644. The summed E-state index contributed by atoms with van der Waals surface area (Å²) < 4.78 is 5.39. The number of nitrogens with zero attached hydrogens (tertiary/aromatic N) is 2. The molecule has 112 valence electrons. The van der Waals surface area contributed by atoms with Gasteiger partial charge in [-0.15, -0.1) is 0 Å². The maximum absolute atomic E-state index is 5.39. The van der Waals surface area contributed by atoms with E-state index in [9.17, 15) is 0 Å². The molecule has 5 nitrogen and oxygen atoms in total. The van der Waals surface area contributed by atoms with Gasteiger partial charge in [0.25, 0.3) is 0 Å². The normalized spacial score (nSPS) is 14.3. The molecule has 1 aromatic heterocycles. The summed E-state index contributed by atoms with van der Waals surface area (Å²) in [6.07, 6.45) is 5.41. The minimum atomic E-state index is 0.465. The SMILES string of the molecule is CCNc1cc(NCCCC2CC2)nc(COCC)n1. The molecule has 2 N–H and O–H groups in total. The third kappa shape index (κ3) is 5.33. The molecule has 0 atom stereocenters. The Balaban J connectivity index is 1.87. The Morgan fingerprint density at radius 2 is 1.95 bits per heavy atom. The molecule has 1 saturated carbocycles. The van der Waals surface area contributed by atoms with Crippen LogP contribution in [-0.4, -0.2) is 29.7 Å². The fourth-order valence-corrected chi connectivity index (χ4v) is 2.13. The minimum absolute atomic E-state index is 0.465. The monoisotopic (exact) mass is 278 g/mol. The molecule has 0 aliphatic heterocycles. The van der Waals surface area contributed by atoms with Crippen LogP contribution < -0.4 is 10.6 Å². The molecule has 5 heteroatoms. The molecule has 0 saturated heterocycles. The summed E-state index contributed by atoms with van der Waals surface area (Å²) in [5.74, 6) is 3.48. The summed E-state index contributed by atoms with van der Waals surface area (Å²) in [6, 6.07) is 1.97. The summed E-state index contributed by atoms with van der Waals surface area (Å²) in [7, 11) is 0. The van der Waals surface area contributed by atoms with Crippen molar-refractivity contribution in [2.45, 2.75) is 46.1 Å². The number of rotatable bonds is 10. The number of hydrogen-bond donors (Lipinski definition) is 2. The highest BCUT2D eigenvalue weighted by atomic mass is 16.5. The molecule has 2 rings (SSSR count). The standard InChI is InChI=1S/C15H26N4O/c1-3-16-13-10-14(17-9-5-6-12-7-8-12)19-15(18-13)11-20-4-2/h10,12H,3-9,11H2,1-2H3,(H2,16,17,18,19). The summed E-state index contributed by atoms with van der Waals surface area (Å²) in [6.45, 7) is 7.02. The van der Waals surface area contributed by atoms with E-state index in [1.54, 1.807) is 0 Å². The minimum Gasteiger partial charge on any atom is -0.374 e. The van der Waals surface area contributed by atoms with Crippen LogP contribution in [0.25, 0.3) is 0 Å². The van der Waals surface area contributed by atoms with Crippen molar-refractivity contribution in [3.63, 3.8) is 0 Å². The first-order chi connectivity index (χ1) is 9.81. The summed E-state index contributed by atoms with van der Waals surface area (Å²) in [4.78, 5) is 8.94. The van der Waals surface area contributed by atoms with Crippen LogP contribution in [0.1, 0.15) is 45.4 Å². The van der Waals surface area contributed by atoms with Gasteiger partial charge in [-0.3, -0.25) is 0 Å². The largest absolute Gasteiger partial charge is 0.374 e. The van der Waals surface area contributed by atoms with Gasteiger partial charge >= 0.3 is 0 Å². The Morgan fingerprint density at radius 1 is 1.20 bits per heavy atom. The van der Waals surface area contributed by atoms with E-state index in [0.717, 1.165) is 36.5 Å². The van der Waals surface area contributed by atoms with Gasteiger partial charge in [-0.25, -0.2) is 9.97 Å². The fraction of sp³-hybridized carbons (Fsp3) is 0.733. The van der Waals surface area contributed by atoms with Gasteiger partial charge in [0.1, 0.15) is 18.2 Å². The highest BCUT2D eigenvalue weighted by Gasteiger charge is 2.19. The highest BCUT2D eigenvalue weighted by molar-refractivity contribution is 5.47. The van der Waals surface area contributed by atoms with E-state index < -0.39 is 0 Å². The molecule has 1 aliphatic rings. The average Bonchev–Trinajstić information content (AvgIpc) is 3.26. The number of aromatic nitrogens is 2. The predicted molar refractivity (Wildman–Crippen MR) is 82.0 cm³/mol. The molecule has 0 radical (unpaired) electrons. The number of anilines is 2. The highest BCUT2D eigenvalue weighted by Crippen LogP contribution is 2.33. The van der Waals surface area contributed by atoms with Gasteiger partial charge < -0.3 is 15.4 Å². The lowest BCUT2D eigenvalue weighted by atomic mass is 10.2. The van der Waals surface area contributed by atoms with E-state index in [1.165, 1.54) is 25.7 Å². The summed E-state index contributed by atoms with van der Waals surface area (Å²) in [5.41, 5.74) is 0. The van der Waals surface area contributed by atoms with Crippen molar-refractivity contribution >= 4 is 11.6 Å². The lowest BCUT2D eigenvalue weighted by Crippen LogP contribution is -2.10. The third-order valence-corrected chi connectivity index (χ3v) is 3.36. The van der Waals surface area contributed by atoms with Crippen molar-refractivity contribution in [1.29, 1.82) is 0 Å². The Hall–Kier alpha value is -1.36. The Bertz CT molecular complexity index is 407. The summed E-state index contributed by atoms with van der Waals surface area (Å²) in [5, 5.41) is 6.63. The van der Waals surface area contributed by atoms with Crippen molar-refractivity contribution in [1.82, 2.24) is 9.97 Å². The number of nitrogens with one attached hydrogen (secondary N) is 2. The molecular weight excluding hydrogens is 252 g/mol. The number of hydrogen-bond acceptors (Lipinski definition) is 5. The van der Waals surface area contributed by atoms with Crippen LogP contribution in [0.15, 0.2) is 6.07 Å². The van der Waals surface area contributed by atoms with E-state index in [4.69, 9.17) is 4.74 Å². The van der Waals surface area contributed by atoms with E-state index in [-0.39, 0.29) is 0 Å². The van der Waals surface area contributed by atoms with Crippen LogP contribution in [0.2, 0.25) is 0 Å². The maximum atomic E-state index is 5.39. The van der Waals surface area contributed by atoms with Gasteiger partial charge in [0.05, 0.1) is 0 Å². The van der Waals surface area contributed by atoms with Crippen molar-refractivity contribution in [2.75, 3.05) is 30.3 Å². The second kappa shape index (κ2) is 8.04. The lowest BCUT2D eigenvalue weighted by Gasteiger charge is -2.10. The molecule has 20 heavy (non-hydrogen) atoms. The molecule has 1 aliphatic carbocycles. The van der Waals surface area contributed by atoms with Gasteiger partial charge in [0.15, 0.2) is 5.82 Å². The van der Waals surface area contributed by atoms with Gasteiger partial charge in [-0.05, 0) is 32.6 Å². The zero-order valence-corrected chi connectivity index (χ0v) is 12.6. The van der Waals surface area contributed by atoms with Crippen molar-refractivity contribution in [3.05, 3.63) is 11.9 Å². The van der Waals surface area contributed by atoms with Crippen LogP contribution in [-0.2, 0) is 11.3 Å². The zero-order chi connectivity index (χ0) is 14.2. The molecule has 1 fully saturated rings. The second-order valence-corrected chi connectivity index (χ2v) is 5.23. The lowest BCUT2D eigenvalue weighted by molar-refractivity contribution is 0.128. The first kappa shape index (κ1) is 15.0. The van der Waals surface area contributed by atoms with E-state index in [1.807, 2.05) is 13.0 Å². The molecule has 0 spiro atoms. The van der Waals surface area contributed by atoms with Crippen LogP contribution in [0.3, 0.4) is 0 Å². The average molecular weight is 278 g/mol. The first-order valence-corrected chi connectivity index (χ1v) is 7.75. The molecule has 1 heterocycles. The smallest absolute Gasteiger partial charge is 0.158 e. The molecule has 1 aromatic rings. The third-order valence-electron chi connectivity index (χ3n) is 3.36. The van der Waals surface area contributed by atoms with Gasteiger partial charge in [0.2, 0.25) is 0 Å². The van der Waals surface area contributed by atoms with Gasteiger partial charge in [0, 0.05) is 25.8 Å². The van der Waals surface area contributed by atoms with Crippen molar-refractivity contribution < 1.29 is 4.74 Å². The summed E-state index contributed by atoms with van der Waals surface area (Å²) >= 11 is 0. The maximum Gasteiger partial charge on any atom is 0.158 e. The molecule has 0 aromatic carbocycles. The van der Waals surface area contributed by atoms with E-state index in [0.29, 0.717) is 13.2 Å². The van der Waals surface area contributed by atoms with Crippen LogP contribution >= 0.6 is 0 Å². The molecular formula is C15H26N4O. The molecule has 0 amide bonds. The topological polar surface area (TPSA) is 59.1 Å². The fourth-order valence-electron chi connectivity index (χ4n) is 2.13. The Kier molecular flexibility index (Phi) is 6.05. The molecule has 0 bridgehead atoms. The second-order valence-electron chi connectivity index (χ2n) is 5.23.